The fourth-order valence-corrected chi connectivity index (χ4v) is 7.30. The molecular weight excluding hydrogens is 822 g/mol. The zero-order valence-corrected chi connectivity index (χ0v) is 31.8. The van der Waals surface area contributed by atoms with Gasteiger partial charge in [0.25, 0.3) is 5.78 Å². The summed E-state index contributed by atoms with van der Waals surface area (Å²) in [6.07, 6.45) is -2.99. The molecule has 0 aliphatic heterocycles. The first-order valence-electron chi connectivity index (χ1n) is 15.7. The minimum atomic E-state index is -4.90. The third-order valence-electron chi connectivity index (χ3n) is 8.43. The van der Waals surface area contributed by atoms with Crippen LogP contribution < -0.4 is 0 Å². The van der Waals surface area contributed by atoms with Crippen LogP contribution in [0.3, 0.4) is 0 Å². The van der Waals surface area contributed by atoms with E-state index < -0.39 is 23.6 Å². The molecule has 0 atom stereocenters. The van der Waals surface area contributed by atoms with E-state index in [0.717, 1.165) is 26.9 Å². The van der Waals surface area contributed by atoms with E-state index in [4.69, 9.17) is 15.1 Å². The first-order chi connectivity index (χ1) is 22.5. The predicted molar refractivity (Wildman–Crippen MR) is 192 cm³/mol. The number of thiophene rings is 1. The molecule has 0 saturated carbocycles. The molecule has 0 saturated heterocycles. The van der Waals surface area contributed by atoms with Crippen LogP contribution in [0.5, 0.6) is 0 Å². The molecule has 257 valence electrons. The number of ketones is 1. The van der Waals surface area contributed by atoms with E-state index in [1.54, 1.807) is 6.33 Å². The monoisotopic (exact) mass is 860 g/mol. The van der Waals surface area contributed by atoms with Gasteiger partial charge in [-0.05, 0) is 59.2 Å². The summed E-state index contributed by atoms with van der Waals surface area (Å²) in [7, 11) is 0. The summed E-state index contributed by atoms with van der Waals surface area (Å²) in [4.78, 5) is 21.1. The predicted octanol–water partition coefficient (Wildman–Crippen LogP) is 11.6. The van der Waals surface area contributed by atoms with Crippen molar-refractivity contribution in [2.75, 3.05) is 0 Å². The van der Waals surface area contributed by atoms with Gasteiger partial charge in [-0.3, -0.25) is 9.78 Å². The first-order valence-corrected chi connectivity index (χ1v) is 16.5. The zero-order chi connectivity index (χ0) is 35.1. The molecule has 2 aromatic heterocycles. The van der Waals surface area contributed by atoms with Crippen LogP contribution in [0.4, 0.5) is 13.2 Å². The second-order valence-electron chi connectivity index (χ2n) is 13.3. The molecule has 6 rings (SSSR count). The van der Waals surface area contributed by atoms with Gasteiger partial charge in [-0.1, -0.05) is 94.1 Å². The quantitative estimate of drug-likeness (QED) is 0.109. The third-order valence-corrected chi connectivity index (χ3v) is 9.73. The van der Waals surface area contributed by atoms with Crippen LogP contribution in [0.1, 0.15) is 56.9 Å². The Kier molecular flexibility index (Phi) is 11.2. The minimum Gasteiger partial charge on any atom is -0.512 e. The molecule has 0 unspecified atom stereocenters. The zero-order valence-electron chi connectivity index (χ0n) is 28.6. The summed E-state index contributed by atoms with van der Waals surface area (Å²) >= 11 is 1.81. The van der Waals surface area contributed by atoms with Crippen LogP contribution in [0.25, 0.3) is 53.5 Å². The van der Waals surface area contributed by atoms with Gasteiger partial charge in [0.1, 0.15) is 6.33 Å². The Bertz CT molecular complexity index is 2210. The van der Waals surface area contributed by atoms with Gasteiger partial charge >= 0.3 is 6.18 Å². The molecule has 0 fully saturated rings. The number of nitrogens with zero attached hydrogens (tertiary/aromatic N) is 2. The van der Waals surface area contributed by atoms with Crippen molar-refractivity contribution in [2.24, 2.45) is 5.92 Å². The maximum absolute atomic E-state index is 11.6. The van der Waals surface area contributed by atoms with E-state index in [9.17, 15) is 18.0 Å². The molecule has 0 amide bonds. The standard InChI is InChI=1S/C33H29N2S.C7H9F3O2.Ir/c1-19-15-22-11-7-9-13-25(22)20(2)28(19)31-21(3)29-32(36-31)30(35-18-34-29)24-16-23-12-8-10-14-26(23)27(17-24)33(4,5)6;1-4(2)5(11)3-6(12)7(8,9)10;/h7-15,17-18H,1-6H3;3-4,11H,1-2H3;/q-1;;/b;5-3-;. The van der Waals surface area contributed by atoms with E-state index >= 15 is 0 Å². The van der Waals surface area contributed by atoms with Crippen molar-refractivity contribution in [3.05, 3.63) is 107 Å². The maximum atomic E-state index is 11.6. The number of hydrogen-bond acceptors (Lipinski definition) is 5. The summed E-state index contributed by atoms with van der Waals surface area (Å²) in [6, 6.07) is 25.5. The fourth-order valence-electron chi connectivity index (χ4n) is 5.86. The van der Waals surface area contributed by atoms with Gasteiger partial charge in [-0.2, -0.15) is 13.2 Å². The van der Waals surface area contributed by atoms with E-state index in [-0.39, 0.29) is 31.6 Å². The van der Waals surface area contributed by atoms with Crippen LogP contribution in [0.2, 0.25) is 0 Å². The molecule has 0 aliphatic rings. The molecule has 0 spiro atoms. The van der Waals surface area contributed by atoms with E-state index in [1.165, 1.54) is 62.7 Å². The largest absolute Gasteiger partial charge is 0.512 e. The summed E-state index contributed by atoms with van der Waals surface area (Å²) in [5.74, 6) is -3.07. The van der Waals surface area contributed by atoms with Crippen LogP contribution in [0, 0.1) is 32.8 Å². The number of allylic oxidation sites excluding steroid dienone is 2. The van der Waals surface area contributed by atoms with Crippen molar-refractivity contribution in [3.8, 4) is 21.7 Å². The number of rotatable bonds is 4. The molecule has 4 aromatic carbocycles. The average Bonchev–Trinajstić information content (AvgIpc) is 3.35. The van der Waals surface area contributed by atoms with Gasteiger partial charge in [-0.15, -0.1) is 40.5 Å². The van der Waals surface area contributed by atoms with E-state index in [2.05, 4.69) is 108 Å². The Labute approximate surface area is 302 Å². The Hall–Kier alpha value is -3.91. The van der Waals surface area contributed by atoms with Gasteiger partial charge in [0.15, 0.2) is 0 Å². The molecule has 0 aliphatic carbocycles. The molecule has 4 nitrogen and oxygen atoms in total. The van der Waals surface area contributed by atoms with Crippen molar-refractivity contribution in [3.63, 3.8) is 0 Å². The number of hydrogen-bond donors (Lipinski definition) is 1. The van der Waals surface area contributed by atoms with Gasteiger partial charge in [0, 0.05) is 47.4 Å². The molecule has 6 aromatic rings. The minimum absolute atomic E-state index is 0. The number of carbonyl (C=O) groups excluding carboxylic acids is 1. The molecule has 1 N–H and O–H groups in total. The van der Waals surface area contributed by atoms with Crippen LogP contribution in [0.15, 0.2) is 78.8 Å². The normalized spacial score (nSPS) is 12.3. The maximum Gasteiger partial charge on any atom is 0.454 e. The van der Waals surface area contributed by atoms with Crippen molar-refractivity contribution >= 4 is 48.9 Å². The number of aromatic nitrogens is 2. The average molecular weight is 860 g/mol. The fraction of sp³-hybridized carbons (Fsp3) is 0.275. The molecule has 1 radical (unpaired) electrons. The van der Waals surface area contributed by atoms with Crippen LogP contribution in [-0.4, -0.2) is 27.0 Å². The van der Waals surface area contributed by atoms with Crippen molar-refractivity contribution in [1.82, 2.24) is 9.97 Å². The summed E-state index contributed by atoms with van der Waals surface area (Å²) in [5.41, 5.74) is 9.50. The Morgan fingerprint density at radius 2 is 1.55 bits per heavy atom. The Morgan fingerprint density at radius 3 is 2.18 bits per heavy atom. The number of benzene rings is 4. The summed E-state index contributed by atoms with van der Waals surface area (Å²) in [6.45, 7) is 16.4. The number of alkyl halides is 3. The number of aliphatic hydroxyl groups excluding tert-OH is 1. The van der Waals surface area contributed by atoms with Crippen LogP contribution >= 0.6 is 11.3 Å². The van der Waals surface area contributed by atoms with Gasteiger partial charge in [0.05, 0.1) is 11.3 Å². The number of aliphatic hydroxyl groups is 1. The third kappa shape index (κ3) is 7.80. The van der Waals surface area contributed by atoms with Gasteiger partial charge in [0.2, 0.25) is 0 Å². The Morgan fingerprint density at radius 1 is 0.918 bits per heavy atom. The van der Waals surface area contributed by atoms with Crippen LogP contribution in [-0.2, 0) is 30.3 Å². The Balaban J connectivity index is 0.000000359. The topological polar surface area (TPSA) is 63.1 Å². The molecule has 9 heteroatoms. The second-order valence-corrected chi connectivity index (χ2v) is 14.4. The number of carbonyl (C=O) groups is 1. The summed E-state index contributed by atoms with van der Waals surface area (Å²) < 4.78 is 35.8. The van der Waals surface area contributed by atoms with Crippen molar-refractivity contribution in [2.45, 2.75) is 67.0 Å². The summed E-state index contributed by atoms with van der Waals surface area (Å²) in [5, 5.41) is 13.8. The molecule has 49 heavy (non-hydrogen) atoms. The molecule has 2 heterocycles. The number of aryl methyl sites for hydroxylation is 3. The number of halogens is 3. The SMILES string of the molecule is CC(C)/C(O)=C/C(=O)C(F)(F)F.Cc1cc2ccccc2c(C)c1-c1sc2c(-c3[c-]c4ccccc4c(C(C)(C)C)c3)ncnc2c1C.[Ir]. The molecular formula is C40H38F3IrN2O2S-. The van der Waals surface area contributed by atoms with Crippen molar-refractivity contribution < 1.29 is 43.2 Å². The van der Waals surface area contributed by atoms with Gasteiger partial charge in [-0.25, -0.2) is 4.98 Å². The number of fused-ring (bicyclic) bond motifs is 3. The van der Waals surface area contributed by atoms with E-state index in [0.29, 0.717) is 0 Å². The smallest absolute Gasteiger partial charge is 0.454 e. The van der Waals surface area contributed by atoms with Crippen molar-refractivity contribution in [1.29, 1.82) is 0 Å². The molecule has 0 bridgehead atoms. The van der Waals surface area contributed by atoms with Gasteiger partial charge < -0.3 is 5.11 Å². The van der Waals surface area contributed by atoms with E-state index in [1.807, 2.05) is 11.3 Å². The second kappa shape index (κ2) is 14.5. The first kappa shape index (κ1) is 37.9.